The van der Waals surface area contributed by atoms with E-state index < -0.39 is 30.2 Å². The highest BCUT2D eigenvalue weighted by atomic mass is 19.1. The molecule has 1 aromatic rings. The molecule has 3 amide bonds. The summed E-state index contributed by atoms with van der Waals surface area (Å²) < 4.78 is 24.8. The molecule has 3 fully saturated rings. The van der Waals surface area contributed by atoms with E-state index in [4.69, 9.17) is 14.6 Å². The molecular weight excluding hydrogens is 363 g/mol. The van der Waals surface area contributed by atoms with Crippen LogP contribution in [0.5, 0.6) is 0 Å². The molecule has 0 bridgehead atoms. The van der Waals surface area contributed by atoms with Crippen LogP contribution in [0.2, 0.25) is 0 Å². The number of nitrogens with zero attached hydrogens (tertiary/aromatic N) is 2. The number of carbonyl (C=O) groups excluding carboxylic acids is 2. The van der Waals surface area contributed by atoms with Crippen LogP contribution < -0.4 is 20.4 Å². The fraction of sp³-hybridized carbons (Fsp3) is 0.438. The Labute approximate surface area is 152 Å². The lowest BCUT2D eigenvalue weighted by Crippen LogP contribution is -2.33. The molecule has 10 nitrogen and oxygen atoms in total. The van der Waals surface area contributed by atoms with Crippen molar-refractivity contribution in [1.29, 1.82) is 0 Å². The standard InChI is InChI=1S/C16H17FN4O6/c17-10-3-8(21-5-9(26-16(21)25)4-18-14(22)23)1-2-12(10)20-6-11-13(7-20)27-15(24)19-11/h1-3,9,11,13,18H,4-7H2,(H,19,24)(H,22,23)/t9?,11-,13+/m1/s1. The second kappa shape index (κ2) is 6.49. The van der Waals surface area contributed by atoms with Crippen molar-refractivity contribution < 1.29 is 33.4 Å². The Balaban J connectivity index is 1.44. The van der Waals surface area contributed by atoms with Crippen molar-refractivity contribution in [3.63, 3.8) is 0 Å². The molecule has 11 heteroatoms. The Morgan fingerprint density at radius 3 is 2.81 bits per heavy atom. The third kappa shape index (κ3) is 3.27. The zero-order chi connectivity index (χ0) is 19.1. The van der Waals surface area contributed by atoms with E-state index >= 15 is 0 Å². The van der Waals surface area contributed by atoms with Crippen LogP contribution in [0.3, 0.4) is 0 Å². The quantitative estimate of drug-likeness (QED) is 0.704. The summed E-state index contributed by atoms with van der Waals surface area (Å²) >= 11 is 0. The van der Waals surface area contributed by atoms with Crippen LogP contribution >= 0.6 is 0 Å². The number of halogens is 1. The number of nitrogens with one attached hydrogen (secondary N) is 2. The molecule has 4 rings (SSSR count). The van der Waals surface area contributed by atoms with Gasteiger partial charge in [0.1, 0.15) is 18.0 Å². The summed E-state index contributed by atoms with van der Waals surface area (Å²) in [5.41, 5.74) is 0.672. The maximum Gasteiger partial charge on any atom is 0.414 e. The van der Waals surface area contributed by atoms with E-state index in [1.165, 1.54) is 11.0 Å². The van der Waals surface area contributed by atoms with Crippen LogP contribution in [-0.2, 0) is 9.47 Å². The molecule has 3 aliphatic rings. The first kappa shape index (κ1) is 17.2. The van der Waals surface area contributed by atoms with Crippen LogP contribution in [0.1, 0.15) is 0 Å². The third-order valence-electron chi connectivity index (χ3n) is 4.77. The Morgan fingerprint density at radius 1 is 1.30 bits per heavy atom. The van der Waals surface area contributed by atoms with Gasteiger partial charge in [0.15, 0.2) is 0 Å². The molecule has 3 saturated heterocycles. The highest BCUT2D eigenvalue weighted by Gasteiger charge is 2.42. The van der Waals surface area contributed by atoms with Crippen molar-refractivity contribution in [3.05, 3.63) is 24.0 Å². The first-order valence-electron chi connectivity index (χ1n) is 8.37. The number of alkyl carbamates (subject to hydrolysis) is 1. The molecule has 0 aliphatic carbocycles. The van der Waals surface area contributed by atoms with E-state index in [1.807, 2.05) is 0 Å². The molecule has 3 N–H and O–H groups in total. The van der Waals surface area contributed by atoms with E-state index in [0.29, 0.717) is 24.5 Å². The summed E-state index contributed by atoms with van der Waals surface area (Å²) in [4.78, 5) is 36.7. The van der Waals surface area contributed by atoms with Gasteiger partial charge in [0.25, 0.3) is 0 Å². The third-order valence-corrected chi connectivity index (χ3v) is 4.77. The maximum absolute atomic E-state index is 14.6. The molecule has 1 unspecified atom stereocenters. The number of carboxylic acid groups (broad SMARTS) is 1. The predicted molar refractivity (Wildman–Crippen MR) is 89.4 cm³/mol. The highest BCUT2D eigenvalue weighted by Crippen LogP contribution is 2.31. The Bertz CT molecular complexity index is 789. The lowest BCUT2D eigenvalue weighted by Gasteiger charge is -2.21. The molecular formula is C16H17FN4O6. The highest BCUT2D eigenvalue weighted by molar-refractivity contribution is 5.90. The van der Waals surface area contributed by atoms with Crippen molar-refractivity contribution in [2.75, 3.05) is 36.0 Å². The van der Waals surface area contributed by atoms with Gasteiger partial charge in [-0.05, 0) is 18.2 Å². The molecule has 3 heterocycles. The predicted octanol–water partition coefficient (Wildman–Crippen LogP) is 0.715. The molecule has 27 heavy (non-hydrogen) atoms. The van der Waals surface area contributed by atoms with Gasteiger partial charge in [-0.1, -0.05) is 0 Å². The van der Waals surface area contributed by atoms with Gasteiger partial charge in [0, 0.05) is 6.54 Å². The lowest BCUT2D eigenvalue weighted by atomic mass is 10.2. The molecule has 0 aromatic heterocycles. The van der Waals surface area contributed by atoms with Crippen LogP contribution in [0.4, 0.5) is 30.1 Å². The van der Waals surface area contributed by atoms with Gasteiger partial charge >= 0.3 is 18.3 Å². The number of hydrogen-bond donors (Lipinski definition) is 3. The number of rotatable bonds is 4. The fourth-order valence-electron chi connectivity index (χ4n) is 3.51. The van der Waals surface area contributed by atoms with Crippen LogP contribution in [0.25, 0.3) is 0 Å². The molecule has 0 spiro atoms. The van der Waals surface area contributed by atoms with Crippen LogP contribution in [0.15, 0.2) is 18.2 Å². The summed E-state index contributed by atoms with van der Waals surface area (Å²) in [5.74, 6) is -0.515. The van der Waals surface area contributed by atoms with Crippen molar-refractivity contribution in [2.24, 2.45) is 0 Å². The number of cyclic esters (lactones) is 1. The summed E-state index contributed by atoms with van der Waals surface area (Å²) in [5, 5.41) is 13.4. The number of ether oxygens (including phenoxy) is 2. The smallest absolute Gasteiger partial charge is 0.414 e. The lowest BCUT2D eigenvalue weighted by molar-refractivity contribution is 0.136. The van der Waals surface area contributed by atoms with E-state index in [-0.39, 0.29) is 25.2 Å². The number of carbonyl (C=O) groups is 3. The minimum absolute atomic E-state index is 0.0413. The first-order valence-corrected chi connectivity index (χ1v) is 8.37. The van der Waals surface area contributed by atoms with Crippen LogP contribution in [0, 0.1) is 5.82 Å². The van der Waals surface area contributed by atoms with Gasteiger partial charge in [-0.25, -0.2) is 18.8 Å². The zero-order valence-electron chi connectivity index (χ0n) is 14.1. The maximum atomic E-state index is 14.6. The van der Waals surface area contributed by atoms with E-state index in [1.54, 1.807) is 17.0 Å². The number of anilines is 2. The van der Waals surface area contributed by atoms with Gasteiger partial charge in [0.2, 0.25) is 0 Å². The summed E-state index contributed by atoms with van der Waals surface area (Å²) in [7, 11) is 0. The minimum atomic E-state index is -1.21. The Hall–Kier alpha value is -3.24. The van der Waals surface area contributed by atoms with E-state index in [0.717, 1.165) is 0 Å². The zero-order valence-corrected chi connectivity index (χ0v) is 14.1. The van der Waals surface area contributed by atoms with Gasteiger partial charge in [-0.3, -0.25) is 4.90 Å². The molecule has 1 aromatic carbocycles. The van der Waals surface area contributed by atoms with Crippen molar-refractivity contribution in [2.45, 2.75) is 18.2 Å². The van der Waals surface area contributed by atoms with Gasteiger partial charge in [-0.15, -0.1) is 0 Å². The van der Waals surface area contributed by atoms with Gasteiger partial charge < -0.3 is 30.1 Å². The second-order valence-corrected chi connectivity index (χ2v) is 6.54. The summed E-state index contributed by atoms with van der Waals surface area (Å²) in [6, 6.07) is 4.22. The number of hydrogen-bond acceptors (Lipinski definition) is 6. The summed E-state index contributed by atoms with van der Waals surface area (Å²) in [6.07, 6.45) is -3.29. The molecule has 0 saturated carbocycles. The normalized spacial score (nSPS) is 26.5. The second-order valence-electron chi connectivity index (χ2n) is 6.54. The minimum Gasteiger partial charge on any atom is -0.465 e. The van der Waals surface area contributed by atoms with Crippen LogP contribution in [-0.4, -0.2) is 67.8 Å². The average Bonchev–Trinajstić information content (AvgIpc) is 3.25. The topological polar surface area (TPSA) is 120 Å². The Morgan fingerprint density at radius 2 is 2.11 bits per heavy atom. The van der Waals surface area contributed by atoms with Crippen molar-refractivity contribution in [3.8, 4) is 0 Å². The monoisotopic (exact) mass is 380 g/mol. The number of fused-ring (bicyclic) bond motifs is 1. The average molecular weight is 380 g/mol. The van der Waals surface area contributed by atoms with E-state index in [9.17, 15) is 18.8 Å². The number of amides is 3. The van der Waals surface area contributed by atoms with E-state index in [2.05, 4.69) is 10.6 Å². The van der Waals surface area contributed by atoms with Crippen molar-refractivity contribution in [1.82, 2.24) is 10.6 Å². The van der Waals surface area contributed by atoms with Crippen molar-refractivity contribution >= 4 is 29.7 Å². The molecule has 3 aliphatic heterocycles. The first-order chi connectivity index (χ1) is 12.9. The molecule has 144 valence electrons. The SMILES string of the molecule is O=C(O)NCC1CN(c2ccc(N3C[C@@H]4OC(=O)N[C@@H]4C3)c(F)c2)C(=O)O1. The number of benzene rings is 1. The van der Waals surface area contributed by atoms with Gasteiger partial charge in [-0.2, -0.15) is 0 Å². The van der Waals surface area contributed by atoms with Gasteiger partial charge in [0.05, 0.1) is 37.1 Å². The summed E-state index contributed by atoms with van der Waals surface area (Å²) in [6.45, 7) is 0.891. The molecule has 3 atom stereocenters. The largest absolute Gasteiger partial charge is 0.465 e. The Kier molecular flexibility index (Phi) is 4.13. The molecule has 0 radical (unpaired) electrons. The fourth-order valence-corrected chi connectivity index (χ4v) is 3.51.